The number of phenols is 1. The molecule has 0 fully saturated rings. The molecular formula is C14H14N2O3. The number of nitrogens with zero attached hydrogens (tertiary/aromatic N) is 1. The molecule has 0 aliphatic rings. The van der Waals surface area contributed by atoms with Gasteiger partial charge in [0, 0.05) is 5.56 Å². The predicted octanol–water partition coefficient (Wildman–Crippen LogP) is 2.37. The van der Waals surface area contributed by atoms with E-state index in [-0.39, 0.29) is 11.7 Å². The standard InChI is InChI=1S/C14H14N2O3/c1-9-4-3-5-11(13(9)17)8-15-16-14(18)12-6-7-19-10(12)2/h3-8,17H,1-2H3,(H,16,18)/b15-8+. The van der Waals surface area contributed by atoms with E-state index in [1.807, 2.05) is 0 Å². The van der Waals surface area contributed by atoms with Gasteiger partial charge in [-0.2, -0.15) is 5.10 Å². The molecule has 1 amide bonds. The highest BCUT2D eigenvalue weighted by atomic mass is 16.3. The maximum Gasteiger partial charge on any atom is 0.274 e. The summed E-state index contributed by atoms with van der Waals surface area (Å²) in [6.45, 7) is 3.49. The molecule has 0 bridgehead atoms. The summed E-state index contributed by atoms with van der Waals surface area (Å²) in [4.78, 5) is 11.7. The highest BCUT2D eigenvalue weighted by Crippen LogP contribution is 2.19. The van der Waals surface area contributed by atoms with E-state index in [0.717, 1.165) is 5.56 Å². The zero-order valence-corrected chi connectivity index (χ0v) is 10.7. The molecule has 0 radical (unpaired) electrons. The lowest BCUT2D eigenvalue weighted by Crippen LogP contribution is -2.17. The van der Waals surface area contributed by atoms with Gasteiger partial charge in [0.2, 0.25) is 0 Å². The van der Waals surface area contributed by atoms with Crippen molar-refractivity contribution in [3.05, 3.63) is 53.0 Å². The van der Waals surface area contributed by atoms with Crippen LogP contribution in [0.15, 0.2) is 40.0 Å². The van der Waals surface area contributed by atoms with Crippen molar-refractivity contribution in [3.8, 4) is 5.75 Å². The Morgan fingerprint density at radius 2 is 2.16 bits per heavy atom. The van der Waals surface area contributed by atoms with Gasteiger partial charge in [0.25, 0.3) is 5.91 Å². The molecule has 1 aromatic carbocycles. The minimum absolute atomic E-state index is 0.153. The Morgan fingerprint density at radius 1 is 1.37 bits per heavy atom. The van der Waals surface area contributed by atoms with Gasteiger partial charge < -0.3 is 9.52 Å². The predicted molar refractivity (Wildman–Crippen MR) is 71.3 cm³/mol. The number of furan rings is 1. The quantitative estimate of drug-likeness (QED) is 0.655. The third kappa shape index (κ3) is 2.82. The summed E-state index contributed by atoms with van der Waals surface area (Å²) in [5, 5.41) is 13.6. The first kappa shape index (κ1) is 12.9. The van der Waals surface area contributed by atoms with E-state index in [9.17, 15) is 9.90 Å². The highest BCUT2D eigenvalue weighted by Gasteiger charge is 2.10. The lowest BCUT2D eigenvalue weighted by atomic mass is 10.1. The number of hydrogen-bond donors (Lipinski definition) is 2. The van der Waals surface area contributed by atoms with Crippen LogP contribution in [-0.2, 0) is 0 Å². The van der Waals surface area contributed by atoms with Crippen molar-refractivity contribution >= 4 is 12.1 Å². The van der Waals surface area contributed by atoms with Crippen LogP contribution >= 0.6 is 0 Å². The zero-order valence-electron chi connectivity index (χ0n) is 10.7. The van der Waals surface area contributed by atoms with Crippen molar-refractivity contribution in [1.82, 2.24) is 5.43 Å². The van der Waals surface area contributed by atoms with Gasteiger partial charge in [-0.3, -0.25) is 4.79 Å². The van der Waals surface area contributed by atoms with Crippen molar-refractivity contribution < 1.29 is 14.3 Å². The average Bonchev–Trinajstić information content (AvgIpc) is 2.81. The molecule has 0 aliphatic heterocycles. The number of phenolic OH excluding ortho intramolecular Hbond substituents is 1. The summed E-state index contributed by atoms with van der Waals surface area (Å²) >= 11 is 0. The third-order valence-electron chi connectivity index (χ3n) is 2.74. The Kier molecular flexibility index (Phi) is 3.66. The third-order valence-corrected chi connectivity index (χ3v) is 2.74. The largest absolute Gasteiger partial charge is 0.507 e. The lowest BCUT2D eigenvalue weighted by Gasteiger charge is -2.02. The molecule has 0 atom stereocenters. The van der Waals surface area contributed by atoms with Crippen LogP contribution in [-0.4, -0.2) is 17.2 Å². The number of nitrogens with one attached hydrogen (secondary N) is 1. The molecule has 0 saturated carbocycles. The second-order valence-corrected chi connectivity index (χ2v) is 4.10. The Bertz CT molecular complexity index is 629. The molecule has 0 spiro atoms. The minimum atomic E-state index is -0.352. The summed E-state index contributed by atoms with van der Waals surface area (Å²) in [5.41, 5.74) is 4.11. The van der Waals surface area contributed by atoms with Gasteiger partial charge >= 0.3 is 0 Å². The molecule has 2 rings (SSSR count). The number of amides is 1. The fraction of sp³-hybridized carbons (Fsp3) is 0.143. The lowest BCUT2D eigenvalue weighted by molar-refractivity contribution is 0.0953. The van der Waals surface area contributed by atoms with E-state index in [4.69, 9.17) is 4.42 Å². The van der Waals surface area contributed by atoms with Crippen LogP contribution in [0.2, 0.25) is 0 Å². The van der Waals surface area contributed by atoms with Gasteiger partial charge in [0.1, 0.15) is 11.5 Å². The van der Waals surface area contributed by atoms with Crippen LogP contribution in [0.3, 0.4) is 0 Å². The Labute approximate surface area is 110 Å². The van der Waals surface area contributed by atoms with E-state index >= 15 is 0 Å². The molecule has 1 heterocycles. The second-order valence-electron chi connectivity index (χ2n) is 4.10. The summed E-state index contributed by atoms with van der Waals surface area (Å²) in [6.07, 6.45) is 2.84. The van der Waals surface area contributed by atoms with Crippen molar-refractivity contribution in [2.45, 2.75) is 13.8 Å². The molecule has 98 valence electrons. The van der Waals surface area contributed by atoms with Crippen LogP contribution in [0.4, 0.5) is 0 Å². The molecule has 5 heteroatoms. The summed E-state index contributed by atoms with van der Waals surface area (Å²) < 4.78 is 5.03. The van der Waals surface area contributed by atoms with E-state index in [1.54, 1.807) is 38.1 Å². The molecule has 0 unspecified atom stereocenters. The molecule has 2 aromatic rings. The van der Waals surface area contributed by atoms with E-state index in [2.05, 4.69) is 10.5 Å². The zero-order chi connectivity index (χ0) is 13.8. The summed E-state index contributed by atoms with van der Waals surface area (Å²) in [5.74, 6) is 0.334. The van der Waals surface area contributed by atoms with Gasteiger partial charge in [-0.1, -0.05) is 12.1 Å². The molecule has 5 nitrogen and oxygen atoms in total. The number of hydrazone groups is 1. The fourth-order valence-corrected chi connectivity index (χ4v) is 1.63. The second kappa shape index (κ2) is 5.39. The SMILES string of the molecule is Cc1cccc(/C=N/NC(=O)c2ccoc2C)c1O. The number of carbonyl (C=O) groups is 1. The van der Waals surface area contributed by atoms with Gasteiger partial charge in [-0.25, -0.2) is 5.43 Å². The van der Waals surface area contributed by atoms with Crippen LogP contribution < -0.4 is 5.43 Å². The van der Waals surface area contributed by atoms with Crippen molar-refractivity contribution in [3.63, 3.8) is 0 Å². The first-order valence-electron chi connectivity index (χ1n) is 5.75. The van der Waals surface area contributed by atoms with Crippen LogP contribution in [0, 0.1) is 13.8 Å². The number of hydrogen-bond acceptors (Lipinski definition) is 4. The number of aryl methyl sites for hydroxylation is 2. The minimum Gasteiger partial charge on any atom is -0.507 e. The van der Waals surface area contributed by atoms with E-state index in [0.29, 0.717) is 16.9 Å². The molecule has 0 aliphatic carbocycles. The maximum absolute atomic E-state index is 11.7. The molecule has 0 saturated heterocycles. The van der Waals surface area contributed by atoms with Crippen molar-refractivity contribution in [2.24, 2.45) is 5.10 Å². The fourth-order valence-electron chi connectivity index (χ4n) is 1.63. The topological polar surface area (TPSA) is 74.8 Å². The molecule has 19 heavy (non-hydrogen) atoms. The molecule has 2 N–H and O–H groups in total. The van der Waals surface area contributed by atoms with Gasteiger partial charge in [0.05, 0.1) is 18.0 Å². The van der Waals surface area contributed by atoms with Crippen molar-refractivity contribution in [2.75, 3.05) is 0 Å². The Morgan fingerprint density at radius 3 is 2.84 bits per heavy atom. The Balaban J connectivity index is 2.07. The maximum atomic E-state index is 11.7. The van der Waals surface area contributed by atoms with Crippen LogP contribution in [0.25, 0.3) is 0 Å². The number of carbonyl (C=O) groups excluding carboxylic acids is 1. The normalized spacial score (nSPS) is 10.8. The van der Waals surface area contributed by atoms with E-state index in [1.165, 1.54) is 12.5 Å². The van der Waals surface area contributed by atoms with Crippen LogP contribution in [0.1, 0.15) is 27.2 Å². The van der Waals surface area contributed by atoms with E-state index < -0.39 is 0 Å². The summed E-state index contributed by atoms with van der Waals surface area (Å²) in [6, 6.07) is 6.88. The highest BCUT2D eigenvalue weighted by molar-refractivity contribution is 5.95. The molecular weight excluding hydrogens is 244 g/mol. The number of rotatable bonds is 3. The number of benzene rings is 1. The first-order valence-corrected chi connectivity index (χ1v) is 5.75. The molecule has 1 aromatic heterocycles. The summed E-state index contributed by atoms with van der Waals surface area (Å²) in [7, 11) is 0. The first-order chi connectivity index (χ1) is 9.09. The average molecular weight is 258 g/mol. The van der Waals surface area contributed by atoms with Gasteiger partial charge in [-0.15, -0.1) is 0 Å². The van der Waals surface area contributed by atoms with Gasteiger partial charge in [-0.05, 0) is 31.5 Å². The number of para-hydroxylation sites is 1. The monoisotopic (exact) mass is 258 g/mol. The Hall–Kier alpha value is -2.56. The number of aromatic hydroxyl groups is 1. The van der Waals surface area contributed by atoms with Crippen molar-refractivity contribution in [1.29, 1.82) is 0 Å². The van der Waals surface area contributed by atoms with Crippen LogP contribution in [0.5, 0.6) is 5.75 Å². The smallest absolute Gasteiger partial charge is 0.274 e. The van der Waals surface area contributed by atoms with Gasteiger partial charge in [0.15, 0.2) is 0 Å².